The number of aromatic nitrogens is 2. The summed E-state index contributed by atoms with van der Waals surface area (Å²) in [5.74, 6) is 0.0611. The molecule has 1 amide bonds. The smallest absolute Gasteiger partial charge is 0.221 e. The van der Waals surface area contributed by atoms with Crippen LogP contribution in [0.5, 0.6) is 0 Å². The van der Waals surface area contributed by atoms with Crippen molar-refractivity contribution in [3.63, 3.8) is 0 Å². The SMILES string of the molecule is O=C(CCn1cccn1)NCC1CCCO1. The molecule has 0 radical (unpaired) electrons. The van der Waals surface area contributed by atoms with Gasteiger partial charge in [0, 0.05) is 38.5 Å². The number of amides is 1. The van der Waals surface area contributed by atoms with Crippen LogP contribution in [0, 0.1) is 0 Å². The minimum absolute atomic E-state index is 0.0611. The van der Waals surface area contributed by atoms with Gasteiger partial charge < -0.3 is 10.1 Å². The summed E-state index contributed by atoms with van der Waals surface area (Å²) < 4.78 is 7.18. The molecule has 0 spiro atoms. The molecule has 5 nitrogen and oxygen atoms in total. The van der Waals surface area contributed by atoms with Crippen LogP contribution in [0.2, 0.25) is 0 Å². The molecule has 1 aromatic rings. The fourth-order valence-corrected chi connectivity index (χ4v) is 1.77. The van der Waals surface area contributed by atoms with E-state index in [2.05, 4.69) is 10.4 Å². The van der Waals surface area contributed by atoms with Crippen molar-refractivity contribution in [2.45, 2.75) is 31.9 Å². The van der Waals surface area contributed by atoms with Crippen molar-refractivity contribution in [1.82, 2.24) is 15.1 Å². The molecule has 0 saturated carbocycles. The molecule has 1 saturated heterocycles. The zero-order valence-electron chi connectivity index (χ0n) is 9.26. The van der Waals surface area contributed by atoms with Crippen molar-refractivity contribution in [3.05, 3.63) is 18.5 Å². The third-order valence-electron chi connectivity index (χ3n) is 2.68. The molecular weight excluding hydrogens is 206 g/mol. The molecule has 2 heterocycles. The maximum Gasteiger partial charge on any atom is 0.221 e. The summed E-state index contributed by atoms with van der Waals surface area (Å²) in [7, 11) is 0. The van der Waals surface area contributed by atoms with Gasteiger partial charge in [0.15, 0.2) is 0 Å². The van der Waals surface area contributed by atoms with Gasteiger partial charge in [-0.05, 0) is 18.9 Å². The summed E-state index contributed by atoms with van der Waals surface area (Å²) in [6, 6.07) is 1.85. The predicted octanol–water partition coefficient (Wildman–Crippen LogP) is 0.568. The molecular formula is C11H17N3O2. The van der Waals surface area contributed by atoms with Crippen LogP contribution in [0.1, 0.15) is 19.3 Å². The number of nitrogens with one attached hydrogen (secondary N) is 1. The first-order chi connectivity index (χ1) is 7.84. The van der Waals surface area contributed by atoms with Gasteiger partial charge in [-0.25, -0.2) is 0 Å². The second kappa shape index (κ2) is 5.65. The summed E-state index contributed by atoms with van der Waals surface area (Å²) in [4.78, 5) is 11.5. The Balaban J connectivity index is 1.60. The van der Waals surface area contributed by atoms with Crippen LogP contribution in [0.4, 0.5) is 0 Å². The van der Waals surface area contributed by atoms with Gasteiger partial charge in [0.05, 0.1) is 6.10 Å². The number of aryl methyl sites for hydroxylation is 1. The Morgan fingerprint density at radius 2 is 2.56 bits per heavy atom. The summed E-state index contributed by atoms with van der Waals surface area (Å²) >= 11 is 0. The zero-order valence-corrected chi connectivity index (χ0v) is 9.26. The second-order valence-electron chi connectivity index (χ2n) is 3.96. The van der Waals surface area contributed by atoms with Crippen LogP contribution >= 0.6 is 0 Å². The van der Waals surface area contributed by atoms with E-state index in [0.29, 0.717) is 19.5 Å². The van der Waals surface area contributed by atoms with Crippen LogP contribution in [-0.2, 0) is 16.1 Å². The average Bonchev–Trinajstić information content (AvgIpc) is 2.96. The fraction of sp³-hybridized carbons (Fsp3) is 0.636. The summed E-state index contributed by atoms with van der Waals surface area (Å²) in [5.41, 5.74) is 0. The molecule has 1 unspecified atom stereocenters. The number of rotatable bonds is 5. The lowest BCUT2D eigenvalue weighted by atomic mass is 10.2. The monoisotopic (exact) mass is 223 g/mol. The van der Waals surface area contributed by atoms with Crippen LogP contribution in [0.3, 0.4) is 0 Å². The van der Waals surface area contributed by atoms with Gasteiger partial charge in [-0.3, -0.25) is 9.48 Å². The van der Waals surface area contributed by atoms with E-state index in [1.807, 2.05) is 12.3 Å². The number of nitrogens with zero attached hydrogens (tertiary/aromatic N) is 2. The van der Waals surface area contributed by atoms with Gasteiger partial charge in [0.1, 0.15) is 0 Å². The topological polar surface area (TPSA) is 56.2 Å². The molecule has 88 valence electrons. The molecule has 5 heteroatoms. The Labute approximate surface area is 94.8 Å². The minimum atomic E-state index is 0.0611. The van der Waals surface area contributed by atoms with Crippen molar-refractivity contribution in [2.75, 3.05) is 13.2 Å². The lowest BCUT2D eigenvalue weighted by Crippen LogP contribution is -2.32. The molecule has 0 bridgehead atoms. The van der Waals surface area contributed by atoms with Crippen LogP contribution < -0.4 is 5.32 Å². The molecule has 0 aromatic carbocycles. The second-order valence-corrected chi connectivity index (χ2v) is 3.96. The van der Waals surface area contributed by atoms with E-state index in [9.17, 15) is 4.79 Å². The van der Waals surface area contributed by atoms with Crippen molar-refractivity contribution in [2.24, 2.45) is 0 Å². The van der Waals surface area contributed by atoms with Gasteiger partial charge in [0.2, 0.25) is 5.91 Å². The first-order valence-electron chi connectivity index (χ1n) is 5.70. The summed E-state index contributed by atoms with van der Waals surface area (Å²) in [6.07, 6.45) is 6.41. The van der Waals surface area contributed by atoms with Crippen molar-refractivity contribution in [1.29, 1.82) is 0 Å². The van der Waals surface area contributed by atoms with E-state index in [-0.39, 0.29) is 12.0 Å². The largest absolute Gasteiger partial charge is 0.376 e. The lowest BCUT2D eigenvalue weighted by molar-refractivity contribution is -0.121. The summed E-state index contributed by atoms with van der Waals surface area (Å²) in [5, 5.41) is 6.92. The van der Waals surface area contributed by atoms with E-state index in [1.165, 1.54) is 0 Å². The van der Waals surface area contributed by atoms with Crippen LogP contribution in [-0.4, -0.2) is 34.9 Å². The number of carbonyl (C=O) groups excluding carboxylic acids is 1. The van der Waals surface area contributed by atoms with Gasteiger partial charge in [0.25, 0.3) is 0 Å². The molecule has 2 rings (SSSR count). The van der Waals surface area contributed by atoms with E-state index < -0.39 is 0 Å². The van der Waals surface area contributed by atoms with Gasteiger partial charge >= 0.3 is 0 Å². The quantitative estimate of drug-likeness (QED) is 0.794. The Morgan fingerprint density at radius 3 is 3.25 bits per heavy atom. The van der Waals surface area contributed by atoms with Crippen molar-refractivity contribution < 1.29 is 9.53 Å². The number of hydrogen-bond acceptors (Lipinski definition) is 3. The highest BCUT2D eigenvalue weighted by Crippen LogP contribution is 2.10. The van der Waals surface area contributed by atoms with Crippen LogP contribution in [0.15, 0.2) is 18.5 Å². The molecule has 1 aliphatic heterocycles. The highest BCUT2D eigenvalue weighted by atomic mass is 16.5. The number of ether oxygens (including phenoxy) is 1. The third-order valence-corrected chi connectivity index (χ3v) is 2.68. The van der Waals surface area contributed by atoms with E-state index in [0.717, 1.165) is 19.4 Å². The number of carbonyl (C=O) groups is 1. The minimum Gasteiger partial charge on any atom is -0.376 e. The van der Waals surface area contributed by atoms with E-state index >= 15 is 0 Å². The standard InChI is InChI=1S/C11H17N3O2/c15-11(4-7-14-6-2-5-13-14)12-9-10-3-1-8-16-10/h2,5-6,10H,1,3-4,7-9H2,(H,12,15). The normalized spacial score (nSPS) is 19.9. The fourth-order valence-electron chi connectivity index (χ4n) is 1.77. The zero-order chi connectivity index (χ0) is 11.2. The van der Waals surface area contributed by atoms with Gasteiger partial charge in [-0.15, -0.1) is 0 Å². The lowest BCUT2D eigenvalue weighted by Gasteiger charge is -2.10. The highest BCUT2D eigenvalue weighted by Gasteiger charge is 2.15. The Hall–Kier alpha value is -1.36. The highest BCUT2D eigenvalue weighted by molar-refractivity contribution is 5.75. The van der Waals surface area contributed by atoms with Gasteiger partial charge in [-0.2, -0.15) is 5.10 Å². The molecule has 1 aliphatic rings. The first-order valence-corrected chi connectivity index (χ1v) is 5.70. The summed E-state index contributed by atoms with van der Waals surface area (Å²) in [6.45, 7) is 2.09. The van der Waals surface area contributed by atoms with Crippen molar-refractivity contribution >= 4 is 5.91 Å². The van der Waals surface area contributed by atoms with Crippen LogP contribution in [0.25, 0.3) is 0 Å². The van der Waals surface area contributed by atoms with E-state index in [1.54, 1.807) is 10.9 Å². The molecule has 1 atom stereocenters. The number of hydrogen-bond donors (Lipinski definition) is 1. The molecule has 1 aromatic heterocycles. The Bertz CT molecular complexity index is 318. The molecule has 1 fully saturated rings. The molecule has 0 aliphatic carbocycles. The van der Waals surface area contributed by atoms with Crippen molar-refractivity contribution in [3.8, 4) is 0 Å². The Kier molecular flexibility index (Phi) is 3.93. The maximum atomic E-state index is 11.5. The first kappa shape index (κ1) is 11.1. The molecule has 16 heavy (non-hydrogen) atoms. The Morgan fingerprint density at radius 1 is 1.62 bits per heavy atom. The van der Waals surface area contributed by atoms with Gasteiger partial charge in [-0.1, -0.05) is 0 Å². The maximum absolute atomic E-state index is 11.5. The average molecular weight is 223 g/mol. The molecule has 1 N–H and O–H groups in total. The van der Waals surface area contributed by atoms with E-state index in [4.69, 9.17) is 4.74 Å². The predicted molar refractivity (Wildman–Crippen MR) is 58.8 cm³/mol. The third kappa shape index (κ3) is 3.34.